The van der Waals surface area contributed by atoms with Gasteiger partial charge in [-0.05, 0) is 45.7 Å². The highest BCUT2D eigenvalue weighted by atomic mass is 32.1. The third-order valence-electron chi connectivity index (χ3n) is 6.44. The maximum atomic E-state index is 4.80. The predicted octanol–water partition coefficient (Wildman–Crippen LogP) is 5.01. The van der Waals surface area contributed by atoms with Crippen LogP contribution in [0, 0.1) is 0 Å². The van der Waals surface area contributed by atoms with Gasteiger partial charge in [0.25, 0.3) is 0 Å². The van der Waals surface area contributed by atoms with E-state index in [1.54, 1.807) is 17.5 Å². The van der Waals surface area contributed by atoms with E-state index < -0.39 is 0 Å². The quantitative estimate of drug-likeness (QED) is 0.379. The lowest BCUT2D eigenvalue weighted by molar-refractivity contribution is 0.0870. The average molecular weight is 474 g/mol. The standard InChI is InChI=1S/C24H27N9S/c1-24(2,3)32-10-8-16(9-11-32)33-14-15(12-26-33)27-21-20-18(13-25-31-20)28-22(30-21)23-29-17-6-4-5-7-19(17)34-23/h4-7,12-14,16H,8-11H2,1-3H3,(H,25,31)(H,27,28,30). The summed E-state index contributed by atoms with van der Waals surface area (Å²) in [5.41, 5.74) is 3.56. The Hall–Kier alpha value is -3.37. The van der Waals surface area contributed by atoms with Gasteiger partial charge in [0.05, 0.1) is 34.3 Å². The summed E-state index contributed by atoms with van der Waals surface area (Å²) in [5.74, 6) is 1.25. The zero-order valence-corrected chi connectivity index (χ0v) is 20.3. The van der Waals surface area contributed by atoms with E-state index in [0.717, 1.165) is 57.9 Å². The second kappa shape index (κ2) is 8.14. The molecule has 6 rings (SSSR count). The van der Waals surface area contributed by atoms with Gasteiger partial charge in [-0.15, -0.1) is 11.3 Å². The number of hydrogen-bond donors (Lipinski definition) is 2. The number of H-pyrrole nitrogens is 1. The van der Waals surface area contributed by atoms with E-state index in [1.807, 2.05) is 24.4 Å². The van der Waals surface area contributed by atoms with Crippen LogP contribution in [0.1, 0.15) is 39.7 Å². The van der Waals surface area contributed by atoms with Crippen molar-refractivity contribution in [3.63, 3.8) is 0 Å². The van der Waals surface area contributed by atoms with Crippen molar-refractivity contribution in [2.75, 3.05) is 18.4 Å². The number of benzene rings is 1. The van der Waals surface area contributed by atoms with Gasteiger partial charge < -0.3 is 5.32 Å². The number of aromatic amines is 1. The Morgan fingerprint density at radius 3 is 2.65 bits per heavy atom. The van der Waals surface area contributed by atoms with Crippen molar-refractivity contribution < 1.29 is 0 Å². The number of aromatic nitrogens is 7. The molecule has 5 heterocycles. The molecule has 0 aliphatic carbocycles. The molecule has 0 bridgehead atoms. The molecule has 0 spiro atoms. The molecule has 174 valence electrons. The molecular weight excluding hydrogens is 446 g/mol. The van der Waals surface area contributed by atoms with E-state index in [9.17, 15) is 0 Å². The Morgan fingerprint density at radius 1 is 1.03 bits per heavy atom. The van der Waals surface area contributed by atoms with E-state index in [4.69, 9.17) is 9.97 Å². The zero-order chi connectivity index (χ0) is 23.3. The largest absolute Gasteiger partial charge is 0.336 e. The van der Waals surface area contributed by atoms with Crippen LogP contribution in [0.15, 0.2) is 42.9 Å². The topological polar surface area (TPSA) is 100 Å². The van der Waals surface area contributed by atoms with E-state index in [2.05, 4.69) is 68.2 Å². The number of rotatable bonds is 4. The third-order valence-corrected chi connectivity index (χ3v) is 7.47. The van der Waals surface area contributed by atoms with Crippen molar-refractivity contribution in [2.45, 2.75) is 45.2 Å². The number of piperidine rings is 1. The Labute approximate surface area is 201 Å². The van der Waals surface area contributed by atoms with Gasteiger partial charge in [0.2, 0.25) is 0 Å². The number of thiazole rings is 1. The third kappa shape index (κ3) is 3.92. The van der Waals surface area contributed by atoms with Gasteiger partial charge in [0.1, 0.15) is 11.0 Å². The molecule has 4 aromatic heterocycles. The van der Waals surface area contributed by atoms with Crippen molar-refractivity contribution >= 4 is 44.1 Å². The molecule has 0 atom stereocenters. The Morgan fingerprint density at radius 2 is 1.85 bits per heavy atom. The van der Waals surface area contributed by atoms with Gasteiger partial charge >= 0.3 is 0 Å². The van der Waals surface area contributed by atoms with Gasteiger partial charge in [0, 0.05) is 24.8 Å². The molecule has 1 saturated heterocycles. The number of anilines is 2. The minimum absolute atomic E-state index is 0.214. The van der Waals surface area contributed by atoms with E-state index in [0.29, 0.717) is 17.7 Å². The van der Waals surface area contributed by atoms with Crippen molar-refractivity contribution in [2.24, 2.45) is 0 Å². The summed E-state index contributed by atoms with van der Waals surface area (Å²) < 4.78 is 3.20. The highest BCUT2D eigenvalue weighted by Gasteiger charge is 2.28. The van der Waals surface area contributed by atoms with Crippen molar-refractivity contribution in [3.05, 3.63) is 42.9 Å². The van der Waals surface area contributed by atoms with Gasteiger partial charge in [-0.2, -0.15) is 10.2 Å². The smallest absolute Gasteiger partial charge is 0.191 e. The maximum Gasteiger partial charge on any atom is 0.191 e. The lowest BCUT2D eigenvalue weighted by Crippen LogP contribution is -2.46. The van der Waals surface area contributed by atoms with Gasteiger partial charge in [0.15, 0.2) is 16.6 Å². The van der Waals surface area contributed by atoms with Crippen LogP contribution in [0.2, 0.25) is 0 Å². The second-order valence-corrected chi connectivity index (χ2v) is 10.8. The number of hydrogen-bond acceptors (Lipinski definition) is 8. The fraction of sp³-hybridized carbons (Fsp3) is 0.375. The fourth-order valence-corrected chi connectivity index (χ4v) is 5.43. The number of fused-ring (bicyclic) bond motifs is 2. The Balaban J connectivity index is 1.26. The van der Waals surface area contributed by atoms with Crippen LogP contribution in [0.5, 0.6) is 0 Å². The molecule has 0 radical (unpaired) electrons. The molecule has 0 unspecified atom stereocenters. The SMILES string of the molecule is CC(C)(C)N1CCC(n2cc(Nc3nc(-c4nc5ccccc5s4)nc4cn[nH]c34)cn2)CC1. The number of likely N-dealkylation sites (tertiary alicyclic amines) is 1. The molecule has 1 aliphatic heterocycles. The van der Waals surface area contributed by atoms with Gasteiger partial charge in [-0.3, -0.25) is 14.7 Å². The summed E-state index contributed by atoms with van der Waals surface area (Å²) in [6.07, 6.45) is 7.83. The van der Waals surface area contributed by atoms with Crippen LogP contribution in [-0.4, -0.2) is 58.5 Å². The normalized spacial score (nSPS) is 16.0. The van der Waals surface area contributed by atoms with E-state index in [1.165, 1.54) is 0 Å². The number of nitrogens with zero attached hydrogens (tertiary/aromatic N) is 7. The summed E-state index contributed by atoms with van der Waals surface area (Å²) in [6.45, 7) is 9.02. The molecule has 0 saturated carbocycles. The second-order valence-electron chi connectivity index (χ2n) is 9.74. The molecule has 10 heteroatoms. The lowest BCUT2D eigenvalue weighted by atomic mass is 9.98. The van der Waals surface area contributed by atoms with Crippen LogP contribution < -0.4 is 5.32 Å². The summed E-state index contributed by atoms with van der Waals surface area (Å²) in [5, 5.41) is 16.1. The van der Waals surface area contributed by atoms with Gasteiger partial charge in [-0.1, -0.05) is 12.1 Å². The summed E-state index contributed by atoms with van der Waals surface area (Å²) >= 11 is 1.59. The molecule has 34 heavy (non-hydrogen) atoms. The first-order valence-corrected chi connectivity index (χ1v) is 12.4. The summed E-state index contributed by atoms with van der Waals surface area (Å²) in [4.78, 5) is 16.8. The molecule has 9 nitrogen and oxygen atoms in total. The van der Waals surface area contributed by atoms with Crippen LogP contribution in [0.25, 0.3) is 32.1 Å². The highest BCUT2D eigenvalue weighted by Crippen LogP contribution is 2.32. The summed E-state index contributed by atoms with van der Waals surface area (Å²) in [6, 6.07) is 8.48. The predicted molar refractivity (Wildman–Crippen MR) is 135 cm³/mol. The number of nitrogens with one attached hydrogen (secondary N) is 2. The minimum Gasteiger partial charge on any atom is -0.336 e. The maximum absolute atomic E-state index is 4.80. The molecule has 0 amide bonds. The molecule has 5 aromatic rings. The van der Waals surface area contributed by atoms with Crippen molar-refractivity contribution in [1.82, 2.24) is 39.8 Å². The lowest BCUT2D eigenvalue weighted by Gasteiger charge is -2.40. The first-order valence-electron chi connectivity index (χ1n) is 11.6. The van der Waals surface area contributed by atoms with Crippen LogP contribution in [0.3, 0.4) is 0 Å². The molecule has 1 aromatic carbocycles. The van der Waals surface area contributed by atoms with E-state index >= 15 is 0 Å². The molecular formula is C24H27N9S. The van der Waals surface area contributed by atoms with E-state index in [-0.39, 0.29) is 5.54 Å². The Bertz CT molecular complexity index is 1420. The number of para-hydroxylation sites is 1. The fourth-order valence-electron chi connectivity index (χ4n) is 4.53. The summed E-state index contributed by atoms with van der Waals surface area (Å²) in [7, 11) is 0. The highest BCUT2D eigenvalue weighted by molar-refractivity contribution is 7.21. The monoisotopic (exact) mass is 473 g/mol. The first kappa shape index (κ1) is 21.2. The van der Waals surface area contributed by atoms with Crippen molar-refractivity contribution in [1.29, 1.82) is 0 Å². The van der Waals surface area contributed by atoms with Gasteiger partial charge in [-0.25, -0.2) is 15.0 Å². The molecule has 1 fully saturated rings. The van der Waals surface area contributed by atoms with Crippen LogP contribution in [0.4, 0.5) is 11.5 Å². The average Bonchev–Trinajstić information content (AvgIpc) is 3.57. The van der Waals surface area contributed by atoms with Crippen LogP contribution in [-0.2, 0) is 0 Å². The van der Waals surface area contributed by atoms with Crippen molar-refractivity contribution in [3.8, 4) is 10.8 Å². The molecule has 2 N–H and O–H groups in total. The van der Waals surface area contributed by atoms with Crippen LogP contribution >= 0.6 is 11.3 Å². The molecule has 1 aliphatic rings. The zero-order valence-electron chi connectivity index (χ0n) is 19.5. The first-order chi connectivity index (χ1) is 16.4. The Kier molecular flexibility index (Phi) is 5.07. The minimum atomic E-state index is 0.214.